The second-order valence-electron chi connectivity index (χ2n) is 5.28. The van der Waals surface area contributed by atoms with Gasteiger partial charge in [-0.15, -0.1) is 0 Å². The van der Waals surface area contributed by atoms with E-state index in [-0.39, 0.29) is 11.9 Å². The molecule has 0 fully saturated rings. The fraction of sp³-hybridized carbons (Fsp3) is 0.294. The Morgan fingerprint density at radius 1 is 1.20 bits per heavy atom. The van der Waals surface area contributed by atoms with E-state index in [1.807, 2.05) is 12.1 Å². The van der Waals surface area contributed by atoms with Gasteiger partial charge in [-0.1, -0.05) is 17.7 Å². The van der Waals surface area contributed by atoms with Crippen LogP contribution in [0.3, 0.4) is 0 Å². The molecule has 1 heterocycles. The number of rotatable bonds is 3. The van der Waals surface area contributed by atoms with Crippen LogP contribution in [-0.2, 0) is 6.42 Å². The first-order valence-corrected chi connectivity index (χ1v) is 6.77. The van der Waals surface area contributed by atoms with Gasteiger partial charge >= 0.3 is 0 Å². The van der Waals surface area contributed by atoms with Crippen LogP contribution in [0.1, 0.15) is 16.7 Å². The SMILES string of the molecule is Cc1ccc2c(c1)CC(COc1ccc(F)c(C)c1)O2. The van der Waals surface area contributed by atoms with E-state index in [4.69, 9.17) is 9.47 Å². The lowest BCUT2D eigenvalue weighted by Crippen LogP contribution is -2.22. The Morgan fingerprint density at radius 3 is 2.85 bits per heavy atom. The second kappa shape index (κ2) is 5.16. The normalized spacial score (nSPS) is 16.6. The zero-order chi connectivity index (χ0) is 14.1. The summed E-state index contributed by atoms with van der Waals surface area (Å²) >= 11 is 0. The third-order valence-electron chi connectivity index (χ3n) is 3.52. The van der Waals surface area contributed by atoms with Gasteiger partial charge in [0.2, 0.25) is 0 Å². The molecule has 1 unspecified atom stereocenters. The topological polar surface area (TPSA) is 18.5 Å². The predicted molar refractivity (Wildman–Crippen MR) is 75.9 cm³/mol. The molecule has 0 amide bonds. The Hall–Kier alpha value is -2.03. The Bertz CT molecular complexity index is 637. The number of halogens is 1. The number of benzene rings is 2. The van der Waals surface area contributed by atoms with Crippen LogP contribution in [0, 0.1) is 19.7 Å². The van der Waals surface area contributed by atoms with Crippen molar-refractivity contribution in [2.45, 2.75) is 26.4 Å². The molecule has 2 aromatic rings. The first-order chi connectivity index (χ1) is 9.61. The Kier molecular flexibility index (Phi) is 3.35. The quantitative estimate of drug-likeness (QED) is 0.845. The third kappa shape index (κ3) is 2.62. The van der Waals surface area contributed by atoms with Crippen molar-refractivity contribution in [3.05, 3.63) is 58.9 Å². The summed E-state index contributed by atoms with van der Waals surface area (Å²) in [5.41, 5.74) is 3.06. The van der Waals surface area contributed by atoms with Crippen LogP contribution >= 0.6 is 0 Å². The lowest BCUT2D eigenvalue weighted by Gasteiger charge is -2.12. The number of aryl methyl sites for hydroxylation is 2. The maximum Gasteiger partial charge on any atom is 0.137 e. The standard InChI is InChI=1S/C17H17FO2/c1-11-3-6-17-13(7-11)9-15(20-17)10-19-14-4-5-16(18)12(2)8-14/h3-8,15H,9-10H2,1-2H3. The molecule has 0 radical (unpaired) electrons. The highest BCUT2D eigenvalue weighted by Gasteiger charge is 2.23. The van der Waals surface area contributed by atoms with Crippen molar-refractivity contribution in [3.63, 3.8) is 0 Å². The Balaban J connectivity index is 1.62. The first kappa shape index (κ1) is 13.0. The molecular weight excluding hydrogens is 255 g/mol. The average Bonchev–Trinajstić information content (AvgIpc) is 2.82. The van der Waals surface area contributed by atoms with E-state index in [2.05, 4.69) is 13.0 Å². The van der Waals surface area contributed by atoms with Crippen molar-refractivity contribution >= 4 is 0 Å². The van der Waals surface area contributed by atoms with E-state index in [0.29, 0.717) is 17.9 Å². The highest BCUT2D eigenvalue weighted by molar-refractivity contribution is 5.40. The minimum Gasteiger partial charge on any atom is -0.490 e. The second-order valence-corrected chi connectivity index (χ2v) is 5.28. The summed E-state index contributed by atoms with van der Waals surface area (Å²) in [4.78, 5) is 0. The van der Waals surface area contributed by atoms with Gasteiger partial charge in [-0.25, -0.2) is 4.39 Å². The maximum absolute atomic E-state index is 13.2. The van der Waals surface area contributed by atoms with Gasteiger partial charge in [0.1, 0.15) is 30.0 Å². The lowest BCUT2D eigenvalue weighted by atomic mass is 10.1. The fourth-order valence-corrected chi connectivity index (χ4v) is 2.44. The van der Waals surface area contributed by atoms with Crippen LogP contribution in [0.2, 0.25) is 0 Å². The molecule has 0 saturated heterocycles. The third-order valence-corrected chi connectivity index (χ3v) is 3.52. The fourth-order valence-electron chi connectivity index (χ4n) is 2.44. The van der Waals surface area contributed by atoms with E-state index >= 15 is 0 Å². The molecule has 0 aromatic heterocycles. The number of hydrogen-bond donors (Lipinski definition) is 0. The Labute approximate surface area is 118 Å². The molecule has 1 atom stereocenters. The largest absolute Gasteiger partial charge is 0.490 e. The van der Waals surface area contributed by atoms with Crippen molar-refractivity contribution in [2.24, 2.45) is 0 Å². The molecule has 0 aliphatic carbocycles. The molecule has 0 spiro atoms. The molecular formula is C17H17FO2. The number of hydrogen-bond acceptors (Lipinski definition) is 2. The molecule has 2 nitrogen and oxygen atoms in total. The smallest absolute Gasteiger partial charge is 0.137 e. The van der Waals surface area contributed by atoms with Gasteiger partial charge in [0.15, 0.2) is 0 Å². The molecule has 104 valence electrons. The van der Waals surface area contributed by atoms with Crippen LogP contribution in [0.5, 0.6) is 11.5 Å². The number of fused-ring (bicyclic) bond motifs is 1. The van der Waals surface area contributed by atoms with Crippen molar-refractivity contribution < 1.29 is 13.9 Å². The Morgan fingerprint density at radius 2 is 2.05 bits per heavy atom. The van der Waals surface area contributed by atoms with E-state index in [1.54, 1.807) is 19.1 Å². The molecule has 1 aliphatic heterocycles. The van der Waals surface area contributed by atoms with Gasteiger partial charge < -0.3 is 9.47 Å². The summed E-state index contributed by atoms with van der Waals surface area (Å²) in [6, 6.07) is 11.0. The highest BCUT2D eigenvalue weighted by Crippen LogP contribution is 2.29. The van der Waals surface area contributed by atoms with Crippen molar-refractivity contribution in [2.75, 3.05) is 6.61 Å². The highest BCUT2D eigenvalue weighted by atomic mass is 19.1. The minimum absolute atomic E-state index is 0.0251. The zero-order valence-corrected chi connectivity index (χ0v) is 11.7. The summed E-state index contributed by atoms with van der Waals surface area (Å²) in [5, 5.41) is 0. The van der Waals surface area contributed by atoms with Gasteiger partial charge in [-0.3, -0.25) is 0 Å². The van der Waals surface area contributed by atoms with Gasteiger partial charge in [0.25, 0.3) is 0 Å². The van der Waals surface area contributed by atoms with E-state index in [0.717, 1.165) is 12.2 Å². The molecule has 0 N–H and O–H groups in total. The van der Waals surface area contributed by atoms with Crippen molar-refractivity contribution in [3.8, 4) is 11.5 Å². The summed E-state index contributed by atoms with van der Waals surface area (Å²) in [6.07, 6.45) is 0.883. The van der Waals surface area contributed by atoms with Crippen molar-refractivity contribution in [1.29, 1.82) is 0 Å². The molecule has 20 heavy (non-hydrogen) atoms. The molecule has 1 aliphatic rings. The minimum atomic E-state index is -0.211. The van der Waals surface area contributed by atoms with Gasteiger partial charge in [0.05, 0.1) is 0 Å². The van der Waals surface area contributed by atoms with E-state index in [9.17, 15) is 4.39 Å². The average molecular weight is 272 g/mol. The molecule has 0 saturated carbocycles. The number of ether oxygens (including phenoxy) is 2. The van der Waals surface area contributed by atoms with Crippen molar-refractivity contribution in [1.82, 2.24) is 0 Å². The summed E-state index contributed by atoms with van der Waals surface area (Å²) in [6.45, 7) is 4.27. The lowest BCUT2D eigenvalue weighted by molar-refractivity contribution is 0.148. The zero-order valence-electron chi connectivity index (χ0n) is 11.7. The molecule has 3 rings (SSSR count). The van der Waals surface area contributed by atoms with Gasteiger partial charge in [-0.2, -0.15) is 0 Å². The predicted octanol–water partition coefficient (Wildman–Crippen LogP) is 3.83. The maximum atomic E-state index is 13.2. The summed E-state index contributed by atoms with van der Waals surface area (Å²) in [5.74, 6) is 1.41. The van der Waals surface area contributed by atoms with Gasteiger partial charge in [-0.05, 0) is 49.2 Å². The summed E-state index contributed by atoms with van der Waals surface area (Å²) in [7, 11) is 0. The summed E-state index contributed by atoms with van der Waals surface area (Å²) < 4.78 is 24.7. The van der Waals surface area contributed by atoms with Crippen LogP contribution in [0.15, 0.2) is 36.4 Å². The molecule has 2 aromatic carbocycles. The first-order valence-electron chi connectivity index (χ1n) is 6.77. The van der Waals surface area contributed by atoms with Crippen LogP contribution in [-0.4, -0.2) is 12.7 Å². The monoisotopic (exact) mass is 272 g/mol. The molecule has 3 heteroatoms. The van der Waals surface area contributed by atoms with E-state index < -0.39 is 0 Å². The molecule has 0 bridgehead atoms. The van der Waals surface area contributed by atoms with Crippen LogP contribution in [0.25, 0.3) is 0 Å². The van der Waals surface area contributed by atoms with Crippen LogP contribution < -0.4 is 9.47 Å². The van der Waals surface area contributed by atoms with E-state index in [1.165, 1.54) is 17.2 Å². The van der Waals surface area contributed by atoms with Gasteiger partial charge in [0, 0.05) is 6.42 Å². The van der Waals surface area contributed by atoms with Crippen LogP contribution in [0.4, 0.5) is 4.39 Å².